The number of sulfonamides is 1. The Kier molecular flexibility index (Phi) is 6.50. The number of hydrogen-bond donors (Lipinski definition) is 1. The average Bonchev–Trinajstić information content (AvgIpc) is 2.62. The summed E-state index contributed by atoms with van der Waals surface area (Å²) >= 11 is 0. The Bertz CT molecular complexity index is 878. The third-order valence-electron chi connectivity index (χ3n) is 4.14. The third-order valence-corrected chi connectivity index (χ3v) is 5.74. The summed E-state index contributed by atoms with van der Waals surface area (Å²) in [6.07, 6.45) is 0.535. The second-order valence-electron chi connectivity index (χ2n) is 5.92. The van der Waals surface area contributed by atoms with Crippen LogP contribution in [0.25, 0.3) is 0 Å². The molecule has 0 heterocycles. The van der Waals surface area contributed by atoms with E-state index in [0.29, 0.717) is 29.2 Å². The smallest absolute Gasteiger partial charge is 0.240 e. The van der Waals surface area contributed by atoms with Gasteiger partial charge in [-0.15, -0.1) is 0 Å². The monoisotopic (exact) mass is 379 g/mol. The number of methoxy groups -OCH3 is 3. The third kappa shape index (κ3) is 4.47. The summed E-state index contributed by atoms with van der Waals surface area (Å²) < 4.78 is 43.6. The van der Waals surface area contributed by atoms with Crippen LogP contribution in [0.2, 0.25) is 0 Å². The molecular formula is C19H25NO5S. The lowest BCUT2D eigenvalue weighted by Gasteiger charge is -2.13. The summed E-state index contributed by atoms with van der Waals surface area (Å²) in [7, 11) is 1.11. The van der Waals surface area contributed by atoms with Gasteiger partial charge in [0.1, 0.15) is 5.75 Å². The largest absolute Gasteiger partial charge is 0.496 e. The van der Waals surface area contributed by atoms with Crippen LogP contribution in [0, 0.1) is 13.8 Å². The van der Waals surface area contributed by atoms with Crippen LogP contribution in [0.4, 0.5) is 0 Å². The van der Waals surface area contributed by atoms with Crippen molar-refractivity contribution in [3.05, 3.63) is 47.0 Å². The molecule has 0 radical (unpaired) electrons. The van der Waals surface area contributed by atoms with Crippen molar-refractivity contribution in [2.45, 2.75) is 25.2 Å². The predicted octanol–water partition coefficient (Wildman–Crippen LogP) is 2.85. The van der Waals surface area contributed by atoms with Gasteiger partial charge in [-0.05, 0) is 61.2 Å². The van der Waals surface area contributed by atoms with E-state index in [1.807, 2.05) is 19.1 Å². The van der Waals surface area contributed by atoms with E-state index in [9.17, 15) is 8.42 Å². The maximum atomic E-state index is 12.6. The number of nitrogens with one attached hydrogen (secondary N) is 1. The van der Waals surface area contributed by atoms with Crippen molar-refractivity contribution in [2.75, 3.05) is 27.9 Å². The molecule has 0 spiro atoms. The molecule has 0 aliphatic heterocycles. The van der Waals surface area contributed by atoms with Gasteiger partial charge in [0.05, 0.1) is 26.2 Å². The number of aryl methyl sites for hydroxylation is 2. The molecule has 2 rings (SSSR count). The topological polar surface area (TPSA) is 73.9 Å². The SMILES string of the molecule is COc1cc(C)c(S(=O)(=O)NCCc2ccc(OC)c(OC)c2)cc1C. The van der Waals surface area contributed by atoms with Crippen molar-refractivity contribution in [3.63, 3.8) is 0 Å². The van der Waals surface area contributed by atoms with Gasteiger partial charge in [0.2, 0.25) is 10.0 Å². The molecule has 0 fully saturated rings. The molecule has 0 amide bonds. The van der Waals surface area contributed by atoms with Gasteiger partial charge in [-0.1, -0.05) is 6.07 Å². The van der Waals surface area contributed by atoms with Crippen molar-refractivity contribution in [2.24, 2.45) is 0 Å². The zero-order valence-electron chi connectivity index (χ0n) is 15.8. The maximum absolute atomic E-state index is 12.6. The highest BCUT2D eigenvalue weighted by Crippen LogP contribution is 2.28. The standard InChI is InChI=1S/C19H25NO5S/c1-13-11-19(14(2)10-17(13)24-4)26(21,22)20-9-8-15-6-7-16(23-3)18(12-15)25-5/h6-7,10-12,20H,8-9H2,1-5H3. The van der Waals surface area contributed by atoms with E-state index in [1.165, 1.54) is 0 Å². The van der Waals surface area contributed by atoms with Crippen molar-refractivity contribution < 1.29 is 22.6 Å². The summed E-state index contributed by atoms with van der Waals surface area (Å²) in [4.78, 5) is 0.267. The number of ether oxygens (including phenoxy) is 3. The van der Waals surface area contributed by atoms with Gasteiger partial charge in [0.15, 0.2) is 11.5 Å². The first-order valence-electron chi connectivity index (χ1n) is 8.18. The molecule has 0 saturated heterocycles. The number of hydrogen-bond acceptors (Lipinski definition) is 5. The van der Waals surface area contributed by atoms with Crippen LogP contribution in [0.5, 0.6) is 17.2 Å². The molecule has 6 nitrogen and oxygen atoms in total. The van der Waals surface area contributed by atoms with E-state index in [0.717, 1.165) is 11.1 Å². The summed E-state index contributed by atoms with van der Waals surface area (Å²) in [5, 5.41) is 0. The molecule has 0 bridgehead atoms. The van der Waals surface area contributed by atoms with Crippen LogP contribution in [0.15, 0.2) is 35.2 Å². The molecule has 142 valence electrons. The molecule has 1 N–H and O–H groups in total. The van der Waals surface area contributed by atoms with E-state index in [4.69, 9.17) is 14.2 Å². The Hall–Kier alpha value is -2.25. The first-order chi connectivity index (χ1) is 12.3. The molecule has 0 unspecified atom stereocenters. The minimum Gasteiger partial charge on any atom is -0.496 e. The normalized spacial score (nSPS) is 11.3. The van der Waals surface area contributed by atoms with Crippen molar-refractivity contribution >= 4 is 10.0 Å². The molecule has 0 aliphatic carbocycles. The van der Waals surface area contributed by atoms with Crippen LogP contribution in [-0.4, -0.2) is 36.3 Å². The molecular weight excluding hydrogens is 354 g/mol. The van der Waals surface area contributed by atoms with E-state index < -0.39 is 10.0 Å². The van der Waals surface area contributed by atoms with Crippen molar-refractivity contribution in [3.8, 4) is 17.2 Å². The van der Waals surface area contributed by atoms with Gasteiger partial charge in [-0.2, -0.15) is 0 Å². The lowest BCUT2D eigenvalue weighted by Crippen LogP contribution is -2.26. The Balaban J connectivity index is 2.11. The Morgan fingerprint density at radius 1 is 0.846 bits per heavy atom. The molecule has 0 atom stereocenters. The van der Waals surface area contributed by atoms with Gasteiger partial charge < -0.3 is 14.2 Å². The van der Waals surface area contributed by atoms with Gasteiger partial charge >= 0.3 is 0 Å². The van der Waals surface area contributed by atoms with Crippen LogP contribution < -0.4 is 18.9 Å². The van der Waals surface area contributed by atoms with Crippen LogP contribution in [-0.2, 0) is 16.4 Å². The minimum absolute atomic E-state index is 0.267. The van der Waals surface area contributed by atoms with Crippen molar-refractivity contribution in [1.29, 1.82) is 0 Å². The zero-order valence-corrected chi connectivity index (χ0v) is 16.6. The van der Waals surface area contributed by atoms with Gasteiger partial charge in [0, 0.05) is 6.54 Å². The van der Waals surface area contributed by atoms with E-state index in [1.54, 1.807) is 46.5 Å². The number of rotatable bonds is 8. The summed E-state index contributed by atoms with van der Waals surface area (Å²) in [5.74, 6) is 1.93. The highest BCUT2D eigenvalue weighted by Gasteiger charge is 2.18. The Morgan fingerprint density at radius 2 is 1.50 bits per heavy atom. The highest BCUT2D eigenvalue weighted by molar-refractivity contribution is 7.89. The lowest BCUT2D eigenvalue weighted by atomic mass is 10.1. The molecule has 2 aromatic carbocycles. The molecule has 26 heavy (non-hydrogen) atoms. The molecule has 0 saturated carbocycles. The quantitative estimate of drug-likeness (QED) is 0.763. The van der Waals surface area contributed by atoms with E-state index in [2.05, 4.69) is 4.72 Å². The summed E-state index contributed by atoms with van der Waals surface area (Å²) in [5.41, 5.74) is 2.37. The Labute approximate surface area is 155 Å². The fourth-order valence-electron chi connectivity index (χ4n) is 2.72. The molecule has 7 heteroatoms. The number of benzene rings is 2. The average molecular weight is 379 g/mol. The highest BCUT2D eigenvalue weighted by atomic mass is 32.2. The molecule has 0 aromatic heterocycles. The fourth-order valence-corrected chi connectivity index (χ4v) is 4.06. The first kappa shape index (κ1) is 20.1. The lowest BCUT2D eigenvalue weighted by molar-refractivity contribution is 0.354. The van der Waals surface area contributed by atoms with Gasteiger partial charge in [-0.25, -0.2) is 13.1 Å². The van der Waals surface area contributed by atoms with Crippen LogP contribution >= 0.6 is 0 Å². The molecule has 0 aliphatic rings. The second kappa shape index (κ2) is 8.42. The first-order valence-corrected chi connectivity index (χ1v) is 9.66. The maximum Gasteiger partial charge on any atom is 0.240 e. The van der Waals surface area contributed by atoms with Crippen molar-refractivity contribution in [1.82, 2.24) is 4.72 Å². The summed E-state index contributed by atoms with van der Waals surface area (Å²) in [6.45, 7) is 3.86. The molecule has 2 aromatic rings. The van der Waals surface area contributed by atoms with Gasteiger partial charge in [0.25, 0.3) is 0 Å². The van der Waals surface area contributed by atoms with Gasteiger partial charge in [-0.3, -0.25) is 0 Å². The summed E-state index contributed by atoms with van der Waals surface area (Å²) in [6, 6.07) is 8.90. The predicted molar refractivity (Wildman–Crippen MR) is 101 cm³/mol. The van der Waals surface area contributed by atoms with Crippen LogP contribution in [0.1, 0.15) is 16.7 Å². The fraction of sp³-hybridized carbons (Fsp3) is 0.368. The van der Waals surface area contributed by atoms with Crippen LogP contribution in [0.3, 0.4) is 0 Å². The minimum atomic E-state index is -3.60. The van der Waals surface area contributed by atoms with E-state index >= 15 is 0 Å². The Morgan fingerprint density at radius 3 is 2.12 bits per heavy atom. The van der Waals surface area contributed by atoms with E-state index in [-0.39, 0.29) is 11.4 Å². The zero-order chi connectivity index (χ0) is 19.3. The second-order valence-corrected chi connectivity index (χ2v) is 7.66.